The number of thiazole rings is 1. The van der Waals surface area contributed by atoms with Gasteiger partial charge < -0.3 is 19.0 Å². The van der Waals surface area contributed by atoms with Crippen LogP contribution in [-0.2, 0) is 16.1 Å². The van der Waals surface area contributed by atoms with Crippen LogP contribution in [0.1, 0.15) is 24.1 Å². The molecule has 1 N–H and O–H groups in total. The van der Waals surface area contributed by atoms with Crippen LogP contribution in [0.2, 0.25) is 0 Å². The smallest absolute Gasteiger partial charge is 0.350 e. The van der Waals surface area contributed by atoms with Crippen molar-refractivity contribution >= 4 is 22.4 Å². The number of carbonyl (C=O) groups excluding carboxylic acids is 1. The molecule has 0 aliphatic rings. The molecule has 144 valence electrons. The normalized spacial score (nSPS) is 11.3. The van der Waals surface area contributed by atoms with Crippen LogP contribution in [0.4, 0.5) is 5.13 Å². The number of nitriles is 1. The fraction of sp³-hybridized carbons (Fsp3) is 0.250. The first-order valence-electron chi connectivity index (χ1n) is 8.72. The zero-order chi connectivity index (χ0) is 20.1. The van der Waals surface area contributed by atoms with E-state index in [1.807, 2.05) is 37.4 Å². The lowest BCUT2D eigenvalue weighted by atomic mass is 10.2. The van der Waals surface area contributed by atoms with Gasteiger partial charge in [-0.3, -0.25) is 0 Å². The highest BCUT2D eigenvalue weighted by Crippen LogP contribution is 2.30. The van der Waals surface area contributed by atoms with Crippen molar-refractivity contribution in [3.63, 3.8) is 0 Å². The molecule has 0 saturated carbocycles. The highest BCUT2D eigenvalue weighted by molar-refractivity contribution is 7.14. The maximum absolute atomic E-state index is 11.7. The Bertz CT molecular complexity index is 1040. The Morgan fingerprint density at radius 2 is 2.32 bits per heavy atom. The zero-order valence-electron chi connectivity index (χ0n) is 15.9. The Kier molecular flexibility index (Phi) is 5.96. The molecule has 0 amide bonds. The van der Waals surface area contributed by atoms with Gasteiger partial charge in [-0.25, -0.2) is 9.78 Å². The van der Waals surface area contributed by atoms with Gasteiger partial charge in [0.2, 0.25) is 0 Å². The molecule has 0 fully saturated rings. The second kappa shape index (κ2) is 8.59. The summed E-state index contributed by atoms with van der Waals surface area (Å²) in [4.78, 5) is 16.2. The molecule has 0 spiro atoms. The molecule has 0 bridgehead atoms. The molecular weight excluding hydrogens is 376 g/mol. The van der Waals surface area contributed by atoms with Gasteiger partial charge in [-0.05, 0) is 39.0 Å². The summed E-state index contributed by atoms with van der Waals surface area (Å²) in [6, 6.07) is 7.74. The van der Waals surface area contributed by atoms with Gasteiger partial charge in [-0.2, -0.15) is 5.26 Å². The molecule has 3 rings (SSSR count). The van der Waals surface area contributed by atoms with Crippen LogP contribution in [0.5, 0.6) is 0 Å². The summed E-state index contributed by atoms with van der Waals surface area (Å²) in [5, 5.41) is 14.5. The van der Waals surface area contributed by atoms with Crippen molar-refractivity contribution < 1.29 is 13.9 Å². The van der Waals surface area contributed by atoms with E-state index in [2.05, 4.69) is 20.9 Å². The van der Waals surface area contributed by atoms with Crippen molar-refractivity contribution in [1.82, 2.24) is 9.55 Å². The number of rotatable bonds is 7. The predicted octanol–water partition coefficient (Wildman–Crippen LogP) is 4.25. The molecule has 0 aliphatic carbocycles. The molecule has 0 atom stereocenters. The average molecular weight is 396 g/mol. The number of aryl methyl sites for hydroxylation is 1. The van der Waals surface area contributed by atoms with Gasteiger partial charge in [0.1, 0.15) is 11.8 Å². The molecule has 3 aromatic rings. The van der Waals surface area contributed by atoms with Crippen molar-refractivity contribution in [1.29, 1.82) is 5.26 Å². The second-order valence-electron chi connectivity index (χ2n) is 6.02. The van der Waals surface area contributed by atoms with Crippen LogP contribution >= 0.6 is 11.3 Å². The third-order valence-corrected chi connectivity index (χ3v) is 4.98. The Morgan fingerprint density at radius 1 is 1.50 bits per heavy atom. The maximum atomic E-state index is 11.7. The quantitative estimate of drug-likeness (QED) is 0.364. The third kappa shape index (κ3) is 4.15. The highest BCUT2D eigenvalue weighted by Gasteiger charge is 2.15. The van der Waals surface area contributed by atoms with Gasteiger partial charge in [0.25, 0.3) is 0 Å². The van der Waals surface area contributed by atoms with Crippen LogP contribution in [0.15, 0.2) is 46.0 Å². The summed E-state index contributed by atoms with van der Waals surface area (Å²) in [6.07, 6.45) is 2.99. The molecular formula is C20H20N4O3S. The van der Waals surface area contributed by atoms with E-state index in [1.54, 1.807) is 13.2 Å². The molecule has 0 saturated heterocycles. The van der Waals surface area contributed by atoms with E-state index in [0.717, 1.165) is 28.4 Å². The van der Waals surface area contributed by atoms with Crippen LogP contribution < -0.4 is 5.32 Å². The van der Waals surface area contributed by atoms with E-state index in [4.69, 9.17) is 14.4 Å². The van der Waals surface area contributed by atoms with Crippen molar-refractivity contribution in [2.75, 3.05) is 11.9 Å². The summed E-state index contributed by atoms with van der Waals surface area (Å²) in [5.41, 5.74) is 3.96. The number of nitrogens with zero attached hydrogens (tertiary/aromatic N) is 3. The van der Waals surface area contributed by atoms with E-state index in [-0.39, 0.29) is 12.2 Å². The van der Waals surface area contributed by atoms with E-state index >= 15 is 0 Å². The third-order valence-electron chi connectivity index (χ3n) is 4.20. The van der Waals surface area contributed by atoms with Gasteiger partial charge in [0.15, 0.2) is 10.7 Å². The Labute approximate surface area is 166 Å². The fourth-order valence-electron chi connectivity index (χ4n) is 2.81. The van der Waals surface area contributed by atoms with Crippen molar-refractivity contribution in [2.24, 2.45) is 0 Å². The second-order valence-corrected chi connectivity index (χ2v) is 6.88. The number of anilines is 1. The number of aromatic nitrogens is 2. The maximum Gasteiger partial charge on any atom is 0.350 e. The number of nitrogens with one attached hydrogen (secondary N) is 1. The summed E-state index contributed by atoms with van der Waals surface area (Å²) in [7, 11) is 0. The molecule has 8 heteroatoms. The monoisotopic (exact) mass is 396 g/mol. The van der Waals surface area contributed by atoms with Gasteiger partial charge >= 0.3 is 5.97 Å². The lowest BCUT2D eigenvalue weighted by Crippen LogP contribution is -2.07. The molecule has 28 heavy (non-hydrogen) atoms. The SMILES string of the molecule is CCOC(=O)/C(C#N)=C/Nc1nc(-c2cc(C)n(Cc3ccco3)c2C)cs1. The van der Waals surface area contributed by atoms with Crippen LogP contribution in [-0.4, -0.2) is 22.1 Å². The van der Waals surface area contributed by atoms with Crippen molar-refractivity contribution in [3.8, 4) is 17.3 Å². The van der Waals surface area contributed by atoms with E-state index < -0.39 is 5.97 Å². The molecule has 0 aromatic carbocycles. The summed E-state index contributed by atoms with van der Waals surface area (Å²) < 4.78 is 12.5. The van der Waals surface area contributed by atoms with Crippen LogP contribution in [0, 0.1) is 25.2 Å². The lowest BCUT2D eigenvalue weighted by Gasteiger charge is -2.07. The minimum Gasteiger partial charge on any atom is -0.467 e. The minimum atomic E-state index is -0.657. The largest absolute Gasteiger partial charge is 0.467 e. The average Bonchev–Trinajstić information content (AvgIpc) is 3.40. The van der Waals surface area contributed by atoms with E-state index in [1.165, 1.54) is 17.5 Å². The van der Waals surface area contributed by atoms with Gasteiger partial charge in [-0.1, -0.05) is 0 Å². The molecule has 3 heterocycles. The van der Waals surface area contributed by atoms with Crippen LogP contribution in [0.25, 0.3) is 11.3 Å². The first-order valence-corrected chi connectivity index (χ1v) is 9.60. The molecule has 0 aliphatic heterocycles. The molecule has 3 aromatic heterocycles. The Hall–Kier alpha value is -3.31. The van der Waals surface area contributed by atoms with Crippen molar-refractivity contribution in [2.45, 2.75) is 27.3 Å². The first kappa shape index (κ1) is 19.5. The summed E-state index contributed by atoms with van der Waals surface area (Å²) in [6.45, 7) is 6.66. The molecule has 0 radical (unpaired) electrons. The predicted molar refractivity (Wildman–Crippen MR) is 107 cm³/mol. The van der Waals surface area contributed by atoms with Gasteiger partial charge in [0, 0.05) is 28.5 Å². The van der Waals surface area contributed by atoms with Gasteiger partial charge in [0.05, 0.1) is 25.1 Å². The van der Waals surface area contributed by atoms with E-state index in [0.29, 0.717) is 11.7 Å². The minimum absolute atomic E-state index is 0.102. The number of esters is 1. The Morgan fingerprint density at radius 3 is 3.00 bits per heavy atom. The number of carbonyl (C=O) groups is 1. The van der Waals surface area contributed by atoms with Crippen LogP contribution in [0.3, 0.4) is 0 Å². The number of ether oxygens (including phenoxy) is 1. The zero-order valence-corrected chi connectivity index (χ0v) is 16.7. The number of hydrogen-bond donors (Lipinski definition) is 1. The van der Waals surface area contributed by atoms with Gasteiger partial charge in [-0.15, -0.1) is 11.3 Å². The summed E-state index contributed by atoms with van der Waals surface area (Å²) in [5.74, 6) is 0.234. The molecule has 0 unspecified atom stereocenters. The number of hydrogen-bond acceptors (Lipinski definition) is 7. The van der Waals surface area contributed by atoms with E-state index in [9.17, 15) is 4.79 Å². The first-order chi connectivity index (χ1) is 13.5. The van der Waals surface area contributed by atoms with Crippen molar-refractivity contribution in [3.05, 3.63) is 58.8 Å². The Balaban J connectivity index is 1.79. The standard InChI is InChI=1S/C20H20N4O3S/c1-4-26-19(25)15(9-21)10-22-20-23-18(12-28-20)17-8-13(2)24(14(17)3)11-16-6-5-7-27-16/h5-8,10,12H,4,11H2,1-3H3,(H,22,23)/b15-10+. The topological polar surface area (TPSA) is 93.1 Å². The summed E-state index contributed by atoms with van der Waals surface area (Å²) >= 11 is 1.39. The lowest BCUT2D eigenvalue weighted by molar-refractivity contribution is -0.138. The number of furan rings is 1. The fourth-order valence-corrected chi connectivity index (χ4v) is 3.49. The highest BCUT2D eigenvalue weighted by atomic mass is 32.1. The molecule has 7 nitrogen and oxygen atoms in total.